The van der Waals surface area contributed by atoms with Crippen LogP contribution < -0.4 is 0 Å². The van der Waals surface area contributed by atoms with Gasteiger partial charge < -0.3 is 14.6 Å². The number of carboxylic acid groups (broad SMARTS) is 1. The molecule has 0 aromatic carbocycles. The molecule has 1 saturated heterocycles. The predicted octanol–water partition coefficient (Wildman–Crippen LogP) is 2.44. The Morgan fingerprint density at radius 2 is 2.12 bits per heavy atom. The van der Waals surface area contributed by atoms with Crippen LogP contribution in [-0.2, 0) is 9.47 Å². The maximum Gasteiger partial charge on any atom is 0.355 e. The normalized spacial score (nSPS) is 26.0. The fraction of sp³-hybridized carbons (Fsp3) is 0.636. The molecule has 0 radical (unpaired) electrons. The monoisotopic (exact) mass is 257 g/mol. The van der Waals surface area contributed by atoms with E-state index in [-0.39, 0.29) is 11.8 Å². The molecule has 5 nitrogen and oxygen atoms in total. The van der Waals surface area contributed by atoms with Gasteiger partial charge in [0.15, 0.2) is 11.5 Å². The lowest BCUT2D eigenvalue weighted by Gasteiger charge is -2.22. The number of rotatable bonds is 2. The van der Waals surface area contributed by atoms with E-state index in [1.807, 2.05) is 27.7 Å². The van der Waals surface area contributed by atoms with Crippen molar-refractivity contribution in [3.05, 3.63) is 16.1 Å². The minimum Gasteiger partial charge on any atom is -0.476 e. The van der Waals surface area contributed by atoms with Crippen molar-refractivity contribution < 1.29 is 19.4 Å². The van der Waals surface area contributed by atoms with E-state index < -0.39 is 17.4 Å². The zero-order chi connectivity index (χ0) is 12.8. The number of hydrogen-bond acceptors (Lipinski definition) is 5. The highest BCUT2D eigenvalue weighted by atomic mass is 32.1. The fourth-order valence-corrected chi connectivity index (χ4v) is 2.98. The third kappa shape index (κ3) is 2.34. The number of nitrogens with zero attached hydrogens (tertiary/aromatic N) is 1. The van der Waals surface area contributed by atoms with Gasteiger partial charge in [0.1, 0.15) is 11.1 Å². The zero-order valence-corrected chi connectivity index (χ0v) is 11.0. The summed E-state index contributed by atoms with van der Waals surface area (Å²) in [6.45, 7) is 7.49. The Bertz CT molecular complexity index is 452. The molecule has 17 heavy (non-hydrogen) atoms. The molecule has 94 valence electrons. The average Bonchev–Trinajstić information content (AvgIpc) is 2.67. The lowest BCUT2D eigenvalue weighted by atomic mass is 10.0. The van der Waals surface area contributed by atoms with Gasteiger partial charge >= 0.3 is 5.97 Å². The summed E-state index contributed by atoms with van der Waals surface area (Å²) in [5, 5.41) is 11.0. The summed E-state index contributed by atoms with van der Waals surface area (Å²) in [5.41, 5.74) is -0.467. The van der Waals surface area contributed by atoms with Crippen LogP contribution in [0.4, 0.5) is 0 Å². The zero-order valence-electron chi connectivity index (χ0n) is 10.2. The number of carbonyl (C=O) groups is 1. The van der Waals surface area contributed by atoms with Gasteiger partial charge in [-0.3, -0.25) is 0 Å². The van der Waals surface area contributed by atoms with Gasteiger partial charge in [-0.25, -0.2) is 9.78 Å². The van der Waals surface area contributed by atoms with Gasteiger partial charge in [0, 0.05) is 5.38 Å². The summed E-state index contributed by atoms with van der Waals surface area (Å²) in [5.74, 6) is -1.70. The molecule has 1 aromatic rings. The van der Waals surface area contributed by atoms with Crippen LogP contribution >= 0.6 is 11.3 Å². The van der Waals surface area contributed by atoms with Gasteiger partial charge in [0.2, 0.25) is 0 Å². The molecule has 1 atom stereocenters. The Kier molecular flexibility index (Phi) is 2.76. The van der Waals surface area contributed by atoms with E-state index in [1.54, 1.807) is 0 Å². The van der Waals surface area contributed by atoms with E-state index >= 15 is 0 Å². The standard InChI is InChI=1S/C11H15NO4S/c1-10(2)7(15-11(3,4)16-10)8-12-6(5-17-8)9(13)14/h5,7H,1-4H3,(H,13,14)/t7-/m1/s1. The van der Waals surface area contributed by atoms with Gasteiger partial charge in [-0.15, -0.1) is 11.3 Å². The molecule has 1 N–H and O–H groups in total. The van der Waals surface area contributed by atoms with Crippen LogP contribution in [0, 0.1) is 0 Å². The first kappa shape index (κ1) is 12.5. The van der Waals surface area contributed by atoms with Crippen molar-refractivity contribution in [3.8, 4) is 0 Å². The number of hydrogen-bond donors (Lipinski definition) is 1. The van der Waals surface area contributed by atoms with E-state index in [0.717, 1.165) is 0 Å². The topological polar surface area (TPSA) is 68.7 Å². The van der Waals surface area contributed by atoms with Crippen molar-refractivity contribution in [2.45, 2.75) is 45.2 Å². The fourth-order valence-electron chi connectivity index (χ4n) is 1.99. The predicted molar refractivity (Wildman–Crippen MR) is 62.1 cm³/mol. The molecule has 1 aliphatic rings. The first-order chi connectivity index (χ1) is 7.71. The van der Waals surface area contributed by atoms with Crippen molar-refractivity contribution in [3.63, 3.8) is 0 Å². The molecule has 0 saturated carbocycles. The second-order valence-corrected chi connectivity index (χ2v) is 5.87. The second-order valence-electron chi connectivity index (χ2n) is 4.98. The van der Waals surface area contributed by atoms with E-state index in [9.17, 15) is 4.79 Å². The summed E-state index contributed by atoms with van der Waals surface area (Å²) in [6, 6.07) is 0. The SMILES string of the molecule is CC1(C)O[C@H](c2nc(C(=O)O)cs2)C(C)(C)O1. The lowest BCUT2D eigenvalue weighted by molar-refractivity contribution is -0.157. The van der Waals surface area contributed by atoms with Gasteiger partial charge in [-0.2, -0.15) is 0 Å². The van der Waals surface area contributed by atoms with Crippen molar-refractivity contribution in [2.24, 2.45) is 0 Å². The Morgan fingerprint density at radius 1 is 1.47 bits per heavy atom. The molecule has 6 heteroatoms. The number of thiazole rings is 1. The van der Waals surface area contributed by atoms with Crippen molar-refractivity contribution in [1.29, 1.82) is 0 Å². The van der Waals surface area contributed by atoms with Crippen molar-refractivity contribution in [1.82, 2.24) is 4.98 Å². The molecular weight excluding hydrogens is 242 g/mol. The Labute approximate surface area is 103 Å². The van der Waals surface area contributed by atoms with Crippen LogP contribution in [0.15, 0.2) is 5.38 Å². The number of ether oxygens (including phenoxy) is 2. The Hall–Kier alpha value is -0.980. The molecule has 0 aliphatic carbocycles. The van der Waals surface area contributed by atoms with Crippen molar-refractivity contribution >= 4 is 17.3 Å². The van der Waals surface area contributed by atoms with Gasteiger partial charge in [0.05, 0.1) is 5.60 Å². The molecule has 2 rings (SSSR count). The Morgan fingerprint density at radius 3 is 2.53 bits per heavy atom. The quantitative estimate of drug-likeness (QED) is 0.881. The first-order valence-electron chi connectivity index (χ1n) is 5.28. The van der Waals surface area contributed by atoms with Crippen molar-refractivity contribution in [2.75, 3.05) is 0 Å². The molecule has 0 amide bonds. The molecule has 0 spiro atoms. The summed E-state index contributed by atoms with van der Waals surface area (Å²) in [7, 11) is 0. The number of carboxylic acids is 1. The molecule has 2 heterocycles. The summed E-state index contributed by atoms with van der Waals surface area (Å²) in [6.07, 6.45) is -0.337. The lowest BCUT2D eigenvalue weighted by Crippen LogP contribution is -2.28. The van der Waals surface area contributed by atoms with E-state index in [4.69, 9.17) is 14.6 Å². The molecule has 0 unspecified atom stereocenters. The van der Waals surface area contributed by atoms with Crippen LogP contribution in [0.1, 0.15) is 49.3 Å². The molecular formula is C11H15NO4S. The van der Waals surface area contributed by atoms with Crippen LogP contribution in [0.5, 0.6) is 0 Å². The minimum absolute atomic E-state index is 0.0501. The maximum atomic E-state index is 10.8. The highest BCUT2D eigenvalue weighted by molar-refractivity contribution is 7.09. The first-order valence-corrected chi connectivity index (χ1v) is 6.16. The van der Waals surface area contributed by atoms with Gasteiger partial charge in [-0.1, -0.05) is 0 Å². The van der Waals surface area contributed by atoms with Crippen LogP contribution in [0.25, 0.3) is 0 Å². The minimum atomic E-state index is -1.02. The largest absolute Gasteiger partial charge is 0.476 e. The third-order valence-corrected chi connectivity index (χ3v) is 3.40. The van der Waals surface area contributed by atoms with Gasteiger partial charge in [-0.05, 0) is 27.7 Å². The van der Waals surface area contributed by atoms with Crippen LogP contribution in [-0.4, -0.2) is 27.4 Å². The van der Waals surface area contributed by atoms with E-state index in [2.05, 4.69) is 4.98 Å². The highest BCUT2D eigenvalue weighted by Crippen LogP contribution is 2.45. The summed E-state index contributed by atoms with van der Waals surface area (Å²) >= 11 is 1.28. The Balaban J connectivity index is 2.30. The molecule has 0 bridgehead atoms. The van der Waals surface area contributed by atoms with Gasteiger partial charge in [0.25, 0.3) is 0 Å². The summed E-state index contributed by atoms with van der Waals surface area (Å²) in [4.78, 5) is 14.9. The number of aromatic nitrogens is 1. The second kappa shape index (κ2) is 3.76. The molecule has 1 aromatic heterocycles. The maximum absolute atomic E-state index is 10.8. The van der Waals surface area contributed by atoms with E-state index in [0.29, 0.717) is 5.01 Å². The molecule has 1 aliphatic heterocycles. The smallest absolute Gasteiger partial charge is 0.355 e. The average molecular weight is 257 g/mol. The van der Waals surface area contributed by atoms with E-state index in [1.165, 1.54) is 16.7 Å². The molecule has 1 fully saturated rings. The number of aromatic carboxylic acids is 1. The van der Waals surface area contributed by atoms with Crippen LogP contribution in [0.2, 0.25) is 0 Å². The third-order valence-electron chi connectivity index (χ3n) is 2.51. The van der Waals surface area contributed by atoms with Crippen LogP contribution in [0.3, 0.4) is 0 Å². The highest BCUT2D eigenvalue weighted by Gasteiger charge is 2.49. The summed E-state index contributed by atoms with van der Waals surface area (Å²) < 4.78 is 11.5.